The largest absolute Gasteiger partial charge is 0.320 e. The zero-order valence-corrected chi connectivity index (χ0v) is 14.3. The molecule has 1 fully saturated rings. The molecule has 2 atom stereocenters. The summed E-state index contributed by atoms with van der Waals surface area (Å²) in [6.45, 7) is 3.29. The molecule has 25 heavy (non-hydrogen) atoms. The number of benzene rings is 1. The molecule has 6 nitrogen and oxygen atoms in total. The van der Waals surface area contributed by atoms with E-state index in [2.05, 4.69) is 22.0 Å². The maximum absolute atomic E-state index is 13.1. The van der Waals surface area contributed by atoms with Crippen LogP contribution in [0.2, 0.25) is 0 Å². The van der Waals surface area contributed by atoms with Gasteiger partial charge in [-0.05, 0) is 31.7 Å². The van der Waals surface area contributed by atoms with Gasteiger partial charge in [-0.3, -0.25) is 14.6 Å². The molecule has 128 valence electrons. The third-order valence-corrected chi connectivity index (χ3v) is 5.52. The van der Waals surface area contributed by atoms with E-state index in [1.807, 2.05) is 34.6 Å². The molecule has 1 saturated carbocycles. The number of nitrogens with zero attached hydrogens (tertiary/aromatic N) is 5. The Kier molecular flexibility index (Phi) is 3.20. The van der Waals surface area contributed by atoms with Crippen LogP contribution in [0.3, 0.4) is 0 Å². The fourth-order valence-corrected chi connectivity index (χ4v) is 4.35. The molecular weight excluding hydrogens is 314 g/mol. The normalized spacial score (nSPS) is 24.2. The highest BCUT2D eigenvalue weighted by Gasteiger charge is 2.49. The molecule has 1 aromatic carbocycles. The topological polar surface area (TPSA) is 53.7 Å². The lowest BCUT2D eigenvalue weighted by Crippen LogP contribution is -2.53. The summed E-state index contributed by atoms with van der Waals surface area (Å²) in [6, 6.07) is 10.9. The molecule has 3 heterocycles. The first-order valence-electron chi connectivity index (χ1n) is 9.06. The van der Waals surface area contributed by atoms with Gasteiger partial charge >= 0.3 is 0 Å². The number of hydrogen-bond donors (Lipinski definition) is 0. The second kappa shape index (κ2) is 5.44. The highest BCUT2D eigenvalue weighted by molar-refractivity contribution is 6.18. The third-order valence-electron chi connectivity index (χ3n) is 5.52. The fourth-order valence-electron chi connectivity index (χ4n) is 4.35. The van der Waals surface area contributed by atoms with Crippen LogP contribution >= 0.6 is 0 Å². The number of carbonyl (C=O) groups is 1. The number of imidazole rings is 1. The van der Waals surface area contributed by atoms with Gasteiger partial charge in [-0.2, -0.15) is 0 Å². The number of fused-ring (bicyclic) bond motifs is 5. The molecule has 2 aromatic rings. The van der Waals surface area contributed by atoms with Crippen molar-refractivity contribution in [2.75, 3.05) is 11.4 Å². The lowest BCUT2D eigenvalue weighted by atomic mass is 10.1. The Bertz CT molecular complexity index is 856. The summed E-state index contributed by atoms with van der Waals surface area (Å²) in [5.74, 6) is 1.61. The van der Waals surface area contributed by atoms with Crippen molar-refractivity contribution in [2.24, 2.45) is 4.99 Å². The summed E-state index contributed by atoms with van der Waals surface area (Å²) in [7, 11) is 0. The molecule has 5 rings (SSSR count). The van der Waals surface area contributed by atoms with Crippen LogP contribution in [-0.2, 0) is 6.54 Å². The van der Waals surface area contributed by atoms with E-state index in [0.29, 0.717) is 30.9 Å². The Morgan fingerprint density at radius 2 is 2.04 bits per heavy atom. The second-order valence-electron chi connectivity index (χ2n) is 6.94. The molecule has 2 aliphatic heterocycles. The average Bonchev–Trinajstić information content (AvgIpc) is 3.31. The van der Waals surface area contributed by atoms with Crippen molar-refractivity contribution in [2.45, 2.75) is 44.8 Å². The number of aromatic nitrogens is 2. The minimum atomic E-state index is 0.0147. The van der Waals surface area contributed by atoms with E-state index < -0.39 is 0 Å². The maximum Gasteiger partial charge on any atom is 0.281 e. The van der Waals surface area contributed by atoms with Crippen LogP contribution in [0.1, 0.15) is 42.2 Å². The minimum absolute atomic E-state index is 0.0147. The summed E-state index contributed by atoms with van der Waals surface area (Å²) in [4.78, 5) is 26.7. The zero-order chi connectivity index (χ0) is 17.0. The van der Waals surface area contributed by atoms with Crippen molar-refractivity contribution in [1.29, 1.82) is 0 Å². The van der Waals surface area contributed by atoms with Crippen molar-refractivity contribution < 1.29 is 4.79 Å². The van der Waals surface area contributed by atoms with Gasteiger partial charge in [0.25, 0.3) is 5.91 Å². The van der Waals surface area contributed by atoms with E-state index in [1.165, 1.54) is 6.42 Å². The number of anilines is 1. The number of guanidine groups is 1. The Labute approximate surface area is 146 Å². The molecule has 0 radical (unpaired) electrons. The Morgan fingerprint density at radius 1 is 1.20 bits per heavy atom. The number of carbonyl (C=O) groups excluding carboxylic acids is 1. The van der Waals surface area contributed by atoms with E-state index >= 15 is 0 Å². The number of amides is 1. The van der Waals surface area contributed by atoms with E-state index in [4.69, 9.17) is 4.99 Å². The Hall–Kier alpha value is -2.63. The average molecular weight is 335 g/mol. The zero-order valence-electron chi connectivity index (χ0n) is 14.3. The summed E-state index contributed by atoms with van der Waals surface area (Å²) >= 11 is 0. The molecular formula is C19H21N5O. The van der Waals surface area contributed by atoms with Gasteiger partial charge in [0.05, 0.1) is 18.4 Å². The van der Waals surface area contributed by atoms with Crippen molar-refractivity contribution in [3.63, 3.8) is 0 Å². The van der Waals surface area contributed by atoms with E-state index in [0.717, 1.165) is 30.2 Å². The van der Waals surface area contributed by atoms with Crippen molar-refractivity contribution in [3.8, 4) is 0 Å². The summed E-state index contributed by atoms with van der Waals surface area (Å²) in [5, 5.41) is 0. The third kappa shape index (κ3) is 2.06. The van der Waals surface area contributed by atoms with Crippen LogP contribution < -0.4 is 4.90 Å². The molecule has 1 amide bonds. The van der Waals surface area contributed by atoms with Crippen LogP contribution in [0.4, 0.5) is 5.82 Å². The predicted octanol–water partition coefficient (Wildman–Crippen LogP) is 2.50. The summed E-state index contributed by atoms with van der Waals surface area (Å²) < 4.78 is 1.98. The first-order chi connectivity index (χ1) is 12.3. The molecule has 0 N–H and O–H groups in total. The number of rotatable bonds is 3. The van der Waals surface area contributed by atoms with Gasteiger partial charge < -0.3 is 4.57 Å². The lowest BCUT2D eigenvalue weighted by Gasteiger charge is -2.35. The highest BCUT2D eigenvalue weighted by atomic mass is 16.2. The SMILES string of the molecule is CCN1C(=O)c2c(ncn2Cc2ccccc2)N2C1=N[C@@H]1CCC[C@@H]12. The monoisotopic (exact) mass is 335 g/mol. The van der Waals surface area contributed by atoms with Gasteiger partial charge in [-0.1, -0.05) is 30.3 Å². The van der Waals surface area contributed by atoms with E-state index in [9.17, 15) is 4.79 Å². The molecule has 0 spiro atoms. The maximum atomic E-state index is 13.1. The second-order valence-corrected chi connectivity index (χ2v) is 6.94. The van der Waals surface area contributed by atoms with Crippen molar-refractivity contribution in [1.82, 2.24) is 14.5 Å². The Morgan fingerprint density at radius 3 is 2.84 bits per heavy atom. The summed E-state index contributed by atoms with van der Waals surface area (Å²) in [6.07, 6.45) is 5.22. The smallest absolute Gasteiger partial charge is 0.281 e. The van der Waals surface area contributed by atoms with Gasteiger partial charge in [0.2, 0.25) is 5.96 Å². The van der Waals surface area contributed by atoms with Crippen LogP contribution in [0.15, 0.2) is 41.7 Å². The van der Waals surface area contributed by atoms with Crippen LogP contribution in [0, 0.1) is 0 Å². The quantitative estimate of drug-likeness (QED) is 0.866. The van der Waals surface area contributed by atoms with Crippen LogP contribution in [0.25, 0.3) is 0 Å². The van der Waals surface area contributed by atoms with Crippen molar-refractivity contribution in [3.05, 3.63) is 47.9 Å². The standard InChI is InChI=1S/C19H21N5O/c1-2-23-18(25)16-17(24-15-10-6-9-14(15)21-19(23)24)20-12-22(16)11-13-7-4-3-5-8-13/h3-5,7-8,12,14-15H,2,6,9-11H2,1H3/t14-,15+/m1/s1. The van der Waals surface area contributed by atoms with E-state index in [1.54, 1.807) is 6.33 Å². The van der Waals surface area contributed by atoms with Gasteiger partial charge in [-0.15, -0.1) is 0 Å². The van der Waals surface area contributed by atoms with E-state index in [-0.39, 0.29) is 5.91 Å². The summed E-state index contributed by atoms with van der Waals surface area (Å²) in [5.41, 5.74) is 1.86. The van der Waals surface area contributed by atoms with Crippen LogP contribution in [-0.4, -0.2) is 44.9 Å². The fraction of sp³-hybridized carbons (Fsp3) is 0.421. The van der Waals surface area contributed by atoms with Gasteiger partial charge in [0.1, 0.15) is 0 Å². The predicted molar refractivity (Wildman–Crippen MR) is 95.8 cm³/mol. The molecule has 0 bridgehead atoms. The molecule has 0 unspecified atom stereocenters. The lowest BCUT2D eigenvalue weighted by molar-refractivity contribution is 0.0836. The Balaban J connectivity index is 1.60. The molecule has 1 aliphatic carbocycles. The number of hydrogen-bond acceptors (Lipinski definition) is 4. The first kappa shape index (κ1) is 14.7. The minimum Gasteiger partial charge on any atom is -0.320 e. The molecule has 1 aromatic heterocycles. The molecule has 0 saturated heterocycles. The van der Waals surface area contributed by atoms with Gasteiger partial charge in [-0.25, -0.2) is 9.98 Å². The highest BCUT2D eigenvalue weighted by Crippen LogP contribution is 2.40. The first-order valence-corrected chi connectivity index (χ1v) is 9.06. The van der Waals surface area contributed by atoms with Crippen molar-refractivity contribution >= 4 is 17.7 Å². The van der Waals surface area contributed by atoms with Gasteiger partial charge in [0, 0.05) is 13.1 Å². The molecule has 3 aliphatic rings. The van der Waals surface area contributed by atoms with Gasteiger partial charge in [0.15, 0.2) is 11.5 Å². The van der Waals surface area contributed by atoms with Crippen LogP contribution in [0.5, 0.6) is 0 Å². The molecule has 6 heteroatoms. The number of aliphatic imine (C=N–C) groups is 1.